The first-order chi connectivity index (χ1) is 8.60. The molecule has 0 radical (unpaired) electrons. The Kier molecular flexibility index (Phi) is 5.41. The maximum Gasteiger partial charge on any atom is 0.339 e. The Morgan fingerprint density at radius 3 is 2.61 bits per heavy atom. The van der Waals surface area contributed by atoms with Crippen LogP contribution >= 0.6 is 0 Å². The molecule has 0 aliphatic rings. The maximum absolute atomic E-state index is 11.0. The smallest absolute Gasteiger partial charge is 0.339 e. The monoisotopic (exact) mass is 256 g/mol. The molecule has 0 saturated carbocycles. The molecule has 1 atom stereocenters. The van der Waals surface area contributed by atoms with Crippen molar-refractivity contribution >= 4 is 5.97 Å². The summed E-state index contributed by atoms with van der Waals surface area (Å²) in [5.74, 6) is -0.715. The van der Waals surface area contributed by atoms with Gasteiger partial charge in [-0.15, -0.1) is 0 Å². The highest BCUT2D eigenvalue weighted by Gasteiger charge is 2.17. The van der Waals surface area contributed by atoms with E-state index in [1.165, 1.54) is 20.3 Å². The summed E-state index contributed by atoms with van der Waals surface area (Å²) in [6.45, 7) is 0.0338. The molecule has 1 aromatic carbocycles. The zero-order valence-electron chi connectivity index (χ0n) is 10.3. The van der Waals surface area contributed by atoms with Gasteiger partial charge in [-0.25, -0.2) is 4.79 Å². The molecule has 0 aliphatic carbocycles. The number of para-hydroxylation sites is 1. The average molecular weight is 256 g/mol. The zero-order valence-corrected chi connectivity index (χ0v) is 10.3. The van der Waals surface area contributed by atoms with E-state index in [1.54, 1.807) is 12.1 Å². The van der Waals surface area contributed by atoms with Crippen LogP contribution in [-0.2, 0) is 4.74 Å². The lowest BCUT2D eigenvalue weighted by Gasteiger charge is -2.15. The van der Waals surface area contributed by atoms with E-state index in [1.807, 2.05) is 0 Å². The second-order valence-electron chi connectivity index (χ2n) is 3.56. The molecular weight excluding hydrogens is 240 g/mol. The van der Waals surface area contributed by atoms with Gasteiger partial charge in [0, 0.05) is 7.11 Å². The molecule has 0 aromatic heterocycles. The van der Waals surface area contributed by atoms with E-state index in [0.717, 1.165) is 0 Å². The van der Waals surface area contributed by atoms with Gasteiger partial charge in [0.05, 0.1) is 13.7 Å². The summed E-state index contributed by atoms with van der Waals surface area (Å²) < 4.78 is 15.1. The van der Waals surface area contributed by atoms with Crippen LogP contribution in [0.4, 0.5) is 0 Å². The number of hydrogen-bond acceptors (Lipinski definition) is 5. The van der Waals surface area contributed by atoms with Gasteiger partial charge in [0.15, 0.2) is 11.5 Å². The average Bonchev–Trinajstić information content (AvgIpc) is 2.36. The van der Waals surface area contributed by atoms with Crippen molar-refractivity contribution in [3.8, 4) is 11.5 Å². The minimum atomic E-state index is -1.12. The summed E-state index contributed by atoms with van der Waals surface area (Å²) in [5.41, 5.74) is -0.0148. The molecule has 0 heterocycles. The Hall–Kier alpha value is -1.79. The molecule has 6 nitrogen and oxygen atoms in total. The third-order valence-corrected chi connectivity index (χ3v) is 2.21. The standard InChI is InChI=1S/C12H16O6/c1-16-6-8(13)7-18-11-9(12(14)15)4-3-5-10(11)17-2/h3-5,8,13H,6-7H2,1-2H3,(H,14,15). The number of rotatable bonds is 7. The molecule has 2 N–H and O–H groups in total. The van der Waals surface area contributed by atoms with Crippen LogP contribution in [0.2, 0.25) is 0 Å². The number of aliphatic hydroxyl groups excluding tert-OH is 1. The summed E-state index contributed by atoms with van der Waals surface area (Å²) in [6, 6.07) is 4.55. The first kappa shape index (κ1) is 14.3. The number of aromatic carboxylic acids is 1. The van der Waals surface area contributed by atoms with Crippen LogP contribution in [0.1, 0.15) is 10.4 Å². The van der Waals surface area contributed by atoms with Crippen LogP contribution in [0.5, 0.6) is 11.5 Å². The SMILES string of the molecule is COCC(O)COc1c(OC)cccc1C(=O)O. The molecule has 1 rings (SSSR count). The Bertz CT molecular complexity index is 404. The molecule has 6 heteroatoms. The van der Waals surface area contributed by atoms with Crippen molar-refractivity contribution in [1.29, 1.82) is 0 Å². The van der Waals surface area contributed by atoms with E-state index in [9.17, 15) is 9.90 Å². The van der Waals surface area contributed by atoms with Gasteiger partial charge in [-0.05, 0) is 12.1 Å². The van der Waals surface area contributed by atoms with E-state index in [2.05, 4.69) is 0 Å². The lowest BCUT2D eigenvalue weighted by atomic mass is 10.2. The Morgan fingerprint density at radius 2 is 2.06 bits per heavy atom. The predicted molar refractivity (Wildman–Crippen MR) is 63.3 cm³/mol. The number of hydrogen-bond donors (Lipinski definition) is 2. The fourth-order valence-corrected chi connectivity index (χ4v) is 1.41. The minimum absolute atomic E-state index is 0.0148. The first-order valence-electron chi connectivity index (χ1n) is 5.30. The lowest BCUT2D eigenvalue weighted by Crippen LogP contribution is -2.23. The summed E-state index contributed by atoms with van der Waals surface area (Å²) in [5, 5.41) is 18.5. The lowest BCUT2D eigenvalue weighted by molar-refractivity contribution is 0.0312. The van der Waals surface area contributed by atoms with Crippen molar-refractivity contribution < 1.29 is 29.2 Å². The topological polar surface area (TPSA) is 85.2 Å². The van der Waals surface area contributed by atoms with Crippen LogP contribution < -0.4 is 9.47 Å². The minimum Gasteiger partial charge on any atom is -0.493 e. The quantitative estimate of drug-likeness (QED) is 0.749. The van der Waals surface area contributed by atoms with Crippen LogP contribution in [0.25, 0.3) is 0 Å². The summed E-state index contributed by atoms with van der Waals surface area (Å²) in [7, 11) is 2.87. The molecule has 0 aliphatic heterocycles. The van der Waals surface area contributed by atoms with Crippen LogP contribution in [-0.4, -0.2) is 49.7 Å². The molecule has 0 spiro atoms. The van der Waals surface area contributed by atoms with Crippen LogP contribution in [0, 0.1) is 0 Å². The summed E-state index contributed by atoms with van der Waals surface area (Å²) >= 11 is 0. The number of benzene rings is 1. The van der Waals surface area contributed by atoms with Gasteiger partial charge in [0.25, 0.3) is 0 Å². The normalized spacial score (nSPS) is 11.9. The molecule has 0 saturated heterocycles. The van der Waals surface area contributed by atoms with Gasteiger partial charge in [-0.1, -0.05) is 6.07 Å². The van der Waals surface area contributed by atoms with Crippen molar-refractivity contribution in [2.45, 2.75) is 6.10 Å². The Balaban J connectivity index is 2.87. The van der Waals surface area contributed by atoms with Gasteiger partial charge in [-0.3, -0.25) is 0 Å². The molecule has 1 aromatic rings. The molecule has 1 unspecified atom stereocenters. The predicted octanol–water partition coefficient (Wildman–Crippen LogP) is 0.780. The fourth-order valence-electron chi connectivity index (χ4n) is 1.41. The van der Waals surface area contributed by atoms with E-state index in [-0.39, 0.29) is 24.5 Å². The Labute approximate surface area is 105 Å². The van der Waals surface area contributed by atoms with Crippen LogP contribution in [0.3, 0.4) is 0 Å². The summed E-state index contributed by atoms with van der Waals surface area (Å²) in [4.78, 5) is 11.0. The first-order valence-corrected chi connectivity index (χ1v) is 5.30. The molecule has 18 heavy (non-hydrogen) atoms. The zero-order chi connectivity index (χ0) is 13.5. The maximum atomic E-state index is 11.0. The number of ether oxygens (including phenoxy) is 3. The highest BCUT2D eigenvalue weighted by atomic mass is 16.5. The largest absolute Gasteiger partial charge is 0.493 e. The van der Waals surface area contributed by atoms with Crippen molar-refractivity contribution in [2.24, 2.45) is 0 Å². The van der Waals surface area contributed by atoms with Gasteiger partial charge in [-0.2, -0.15) is 0 Å². The van der Waals surface area contributed by atoms with Gasteiger partial charge < -0.3 is 24.4 Å². The molecule has 0 fully saturated rings. The molecule has 100 valence electrons. The fraction of sp³-hybridized carbons (Fsp3) is 0.417. The van der Waals surface area contributed by atoms with E-state index in [0.29, 0.717) is 5.75 Å². The number of aliphatic hydroxyl groups is 1. The number of carboxylic acids is 1. The third-order valence-electron chi connectivity index (χ3n) is 2.21. The Morgan fingerprint density at radius 1 is 1.33 bits per heavy atom. The van der Waals surface area contributed by atoms with Crippen molar-refractivity contribution in [1.82, 2.24) is 0 Å². The second-order valence-corrected chi connectivity index (χ2v) is 3.56. The highest BCUT2D eigenvalue weighted by Crippen LogP contribution is 2.31. The third kappa shape index (κ3) is 3.61. The van der Waals surface area contributed by atoms with E-state index < -0.39 is 12.1 Å². The number of methoxy groups -OCH3 is 2. The van der Waals surface area contributed by atoms with Crippen LogP contribution in [0.15, 0.2) is 18.2 Å². The summed E-state index contributed by atoms with van der Waals surface area (Å²) in [6.07, 6.45) is -0.832. The van der Waals surface area contributed by atoms with E-state index in [4.69, 9.17) is 19.3 Å². The number of carboxylic acid groups (broad SMARTS) is 1. The van der Waals surface area contributed by atoms with Crippen molar-refractivity contribution in [3.63, 3.8) is 0 Å². The molecular formula is C12H16O6. The van der Waals surface area contributed by atoms with Gasteiger partial charge in [0.2, 0.25) is 0 Å². The van der Waals surface area contributed by atoms with Gasteiger partial charge in [0.1, 0.15) is 18.3 Å². The van der Waals surface area contributed by atoms with E-state index >= 15 is 0 Å². The highest BCUT2D eigenvalue weighted by molar-refractivity contribution is 5.92. The van der Waals surface area contributed by atoms with Crippen molar-refractivity contribution in [3.05, 3.63) is 23.8 Å². The van der Waals surface area contributed by atoms with Gasteiger partial charge >= 0.3 is 5.97 Å². The second kappa shape index (κ2) is 6.83. The molecule has 0 bridgehead atoms. The molecule has 0 amide bonds. The van der Waals surface area contributed by atoms with Crippen molar-refractivity contribution in [2.75, 3.05) is 27.4 Å². The number of carbonyl (C=O) groups is 1.